The van der Waals surface area contributed by atoms with E-state index in [0.717, 1.165) is 21.3 Å². The molecule has 0 spiro atoms. The van der Waals surface area contributed by atoms with E-state index in [-0.39, 0.29) is 6.04 Å². The van der Waals surface area contributed by atoms with E-state index in [4.69, 9.17) is 5.84 Å². The molecule has 0 aliphatic rings. The number of rotatable bonds is 3. The molecule has 2 aromatic rings. The van der Waals surface area contributed by atoms with Crippen LogP contribution in [0.1, 0.15) is 22.9 Å². The highest BCUT2D eigenvalue weighted by molar-refractivity contribution is 9.10. The Morgan fingerprint density at radius 3 is 2.76 bits per heavy atom. The van der Waals surface area contributed by atoms with Crippen LogP contribution in [0.25, 0.3) is 0 Å². The smallest absolute Gasteiger partial charge is 0.0907 e. The van der Waals surface area contributed by atoms with Crippen LogP contribution in [0.4, 0.5) is 0 Å². The van der Waals surface area contributed by atoms with Gasteiger partial charge in [-0.3, -0.25) is 15.5 Å². The quantitative estimate of drug-likeness (QED) is 0.664. The third-order valence-corrected chi connectivity index (χ3v) is 3.38. The lowest BCUT2D eigenvalue weighted by Gasteiger charge is -2.18. The Morgan fingerprint density at radius 1 is 1.47 bits per heavy atom. The van der Waals surface area contributed by atoms with Crippen LogP contribution in [0, 0.1) is 6.92 Å². The van der Waals surface area contributed by atoms with Gasteiger partial charge in [0, 0.05) is 19.4 Å². The largest absolute Gasteiger partial charge is 0.271 e. The Bertz CT molecular complexity index is 503. The number of aryl methyl sites for hydroxylation is 2. The zero-order chi connectivity index (χ0) is 12.4. The number of nitrogens with zero attached hydrogens (tertiary/aromatic N) is 3. The molecule has 0 saturated carbocycles. The standard InChI is InChI=1S/C11H14BrN5/c1-7-3-4-14-5-8(7)10(16-13)11-9(12)6-15-17(11)2/h3-6,10,16H,13H2,1-2H3. The molecule has 0 aromatic carbocycles. The van der Waals surface area contributed by atoms with E-state index >= 15 is 0 Å². The van der Waals surface area contributed by atoms with E-state index in [1.54, 1.807) is 17.1 Å². The molecule has 17 heavy (non-hydrogen) atoms. The van der Waals surface area contributed by atoms with Crippen molar-refractivity contribution >= 4 is 15.9 Å². The number of hydrogen-bond acceptors (Lipinski definition) is 4. The Balaban J connectivity index is 2.52. The maximum atomic E-state index is 5.66. The highest BCUT2D eigenvalue weighted by Crippen LogP contribution is 2.28. The van der Waals surface area contributed by atoms with Crippen molar-refractivity contribution in [1.29, 1.82) is 0 Å². The number of pyridine rings is 1. The summed E-state index contributed by atoms with van der Waals surface area (Å²) in [4.78, 5) is 4.14. The summed E-state index contributed by atoms with van der Waals surface area (Å²) in [6.45, 7) is 2.03. The topological polar surface area (TPSA) is 68.8 Å². The third kappa shape index (κ3) is 2.24. The fourth-order valence-electron chi connectivity index (χ4n) is 1.84. The summed E-state index contributed by atoms with van der Waals surface area (Å²) >= 11 is 3.48. The minimum absolute atomic E-state index is 0.134. The summed E-state index contributed by atoms with van der Waals surface area (Å²) in [6, 6.07) is 1.83. The molecule has 1 atom stereocenters. The first-order chi connectivity index (χ1) is 8.15. The van der Waals surface area contributed by atoms with Crippen molar-refractivity contribution in [3.63, 3.8) is 0 Å². The van der Waals surface area contributed by atoms with E-state index in [0.29, 0.717) is 0 Å². The molecule has 2 rings (SSSR count). The molecule has 2 aromatic heterocycles. The van der Waals surface area contributed by atoms with Crippen LogP contribution in [0.2, 0.25) is 0 Å². The molecule has 2 heterocycles. The van der Waals surface area contributed by atoms with Crippen molar-refractivity contribution in [3.8, 4) is 0 Å². The summed E-state index contributed by atoms with van der Waals surface area (Å²) in [5, 5.41) is 4.19. The van der Waals surface area contributed by atoms with Gasteiger partial charge in [0.05, 0.1) is 22.4 Å². The first-order valence-corrected chi connectivity index (χ1v) is 5.98. The van der Waals surface area contributed by atoms with Gasteiger partial charge in [-0.05, 0) is 40.0 Å². The second kappa shape index (κ2) is 4.95. The summed E-state index contributed by atoms with van der Waals surface area (Å²) in [5.41, 5.74) is 5.96. The van der Waals surface area contributed by atoms with Gasteiger partial charge in [-0.25, -0.2) is 5.43 Å². The summed E-state index contributed by atoms with van der Waals surface area (Å²) in [5.74, 6) is 5.66. The van der Waals surface area contributed by atoms with Crippen LogP contribution < -0.4 is 11.3 Å². The predicted octanol–water partition coefficient (Wildman–Crippen LogP) is 1.44. The normalized spacial score (nSPS) is 12.7. The van der Waals surface area contributed by atoms with E-state index in [9.17, 15) is 0 Å². The number of hydrazine groups is 1. The summed E-state index contributed by atoms with van der Waals surface area (Å²) < 4.78 is 2.72. The molecule has 0 fully saturated rings. The van der Waals surface area contributed by atoms with Crippen molar-refractivity contribution in [1.82, 2.24) is 20.2 Å². The minimum Gasteiger partial charge on any atom is -0.271 e. The second-order valence-corrected chi connectivity index (χ2v) is 4.69. The molecular weight excluding hydrogens is 282 g/mol. The SMILES string of the molecule is Cc1ccncc1C(NN)c1c(Br)cnn1C. The zero-order valence-corrected chi connectivity index (χ0v) is 11.3. The first-order valence-electron chi connectivity index (χ1n) is 5.19. The van der Waals surface area contributed by atoms with Gasteiger partial charge in [0.25, 0.3) is 0 Å². The molecule has 0 radical (unpaired) electrons. The average Bonchev–Trinajstić information content (AvgIpc) is 2.64. The second-order valence-electron chi connectivity index (χ2n) is 3.83. The monoisotopic (exact) mass is 295 g/mol. The molecule has 1 unspecified atom stereocenters. The first kappa shape index (κ1) is 12.2. The number of hydrogen-bond donors (Lipinski definition) is 2. The number of nitrogens with one attached hydrogen (secondary N) is 1. The molecule has 90 valence electrons. The van der Waals surface area contributed by atoms with E-state index in [2.05, 4.69) is 31.4 Å². The van der Waals surface area contributed by atoms with Crippen molar-refractivity contribution in [3.05, 3.63) is 46.0 Å². The van der Waals surface area contributed by atoms with Crippen LogP contribution in [0.15, 0.2) is 29.1 Å². The molecular formula is C11H14BrN5. The van der Waals surface area contributed by atoms with Crippen molar-refractivity contribution in [2.24, 2.45) is 12.9 Å². The van der Waals surface area contributed by atoms with Gasteiger partial charge in [-0.2, -0.15) is 5.10 Å². The fourth-order valence-corrected chi connectivity index (χ4v) is 2.42. The van der Waals surface area contributed by atoms with Gasteiger partial charge in [-0.15, -0.1) is 0 Å². The van der Waals surface area contributed by atoms with Crippen LogP contribution in [-0.4, -0.2) is 14.8 Å². The lowest BCUT2D eigenvalue weighted by atomic mass is 10.0. The maximum Gasteiger partial charge on any atom is 0.0907 e. The molecule has 6 heteroatoms. The van der Waals surface area contributed by atoms with Gasteiger partial charge in [0.2, 0.25) is 0 Å². The van der Waals surface area contributed by atoms with Crippen LogP contribution in [0.3, 0.4) is 0 Å². The van der Waals surface area contributed by atoms with Crippen molar-refractivity contribution < 1.29 is 0 Å². The lowest BCUT2D eigenvalue weighted by molar-refractivity contribution is 0.569. The summed E-state index contributed by atoms with van der Waals surface area (Å²) in [7, 11) is 1.89. The minimum atomic E-state index is -0.134. The number of aromatic nitrogens is 3. The molecule has 0 saturated heterocycles. The molecule has 5 nitrogen and oxygen atoms in total. The van der Waals surface area contributed by atoms with E-state index in [1.165, 1.54) is 0 Å². The predicted molar refractivity (Wildman–Crippen MR) is 69.0 cm³/mol. The van der Waals surface area contributed by atoms with Gasteiger partial charge < -0.3 is 0 Å². The van der Waals surface area contributed by atoms with E-state index < -0.39 is 0 Å². The van der Waals surface area contributed by atoms with E-state index in [1.807, 2.05) is 26.2 Å². The maximum absolute atomic E-state index is 5.66. The van der Waals surface area contributed by atoms with Gasteiger partial charge in [0.1, 0.15) is 0 Å². The zero-order valence-electron chi connectivity index (χ0n) is 9.68. The molecule has 3 N–H and O–H groups in total. The number of halogens is 1. The summed E-state index contributed by atoms with van der Waals surface area (Å²) in [6.07, 6.45) is 5.34. The Labute approximate surface area is 108 Å². The van der Waals surface area contributed by atoms with Gasteiger partial charge in [-0.1, -0.05) is 0 Å². The lowest BCUT2D eigenvalue weighted by Crippen LogP contribution is -2.31. The highest BCUT2D eigenvalue weighted by Gasteiger charge is 2.21. The number of nitrogens with two attached hydrogens (primary N) is 1. The van der Waals surface area contributed by atoms with Crippen molar-refractivity contribution in [2.45, 2.75) is 13.0 Å². The third-order valence-electron chi connectivity index (χ3n) is 2.77. The van der Waals surface area contributed by atoms with Crippen LogP contribution in [-0.2, 0) is 7.05 Å². The molecule has 0 aliphatic carbocycles. The van der Waals surface area contributed by atoms with Crippen molar-refractivity contribution in [2.75, 3.05) is 0 Å². The molecule has 0 bridgehead atoms. The average molecular weight is 296 g/mol. The van der Waals surface area contributed by atoms with Gasteiger partial charge >= 0.3 is 0 Å². The van der Waals surface area contributed by atoms with Crippen LogP contribution in [0.5, 0.6) is 0 Å². The van der Waals surface area contributed by atoms with Crippen LogP contribution >= 0.6 is 15.9 Å². The van der Waals surface area contributed by atoms with Gasteiger partial charge in [0.15, 0.2) is 0 Å². The highest BCUT2D eigenvalue weighted by atomic mass is 79.9. The Hall–Kier alpha value is -1.24. The Kier molecular flexibility index (Phi) is 3.56. The molecule has 0 amide bonds. The Morgan fingerprint density at radius 2 is 2.24 bits per heavy atom. The fraction of sp³-hybridized carbons (Fsp3) is 0.273. The molecule has 0 aliphatic heterocycles.